The lowest BCUT2D eigenvalue weighted by atomic mass is 9.99. The second kappa shape index (κ2) is 9.00. The molecule has 0 aliphatic carbocycles. The number of pyridine rings is 1. The highest BCUT2D eigenvalue weighted by molar-refractivity contribution is 8.00. The topological polar surface area (TPSA) is 58.5 Å². The number of hydrogen-bond donors (Lipinski definition) is 2. The van der Waals surface area contributed by atoms with Crippen molar-refractivity contribution in [2.24, 2.45) is 4.99 Å². The van der Waals surface area contributed by atoms with Gasteiger partial charge in [-0.3, -0.25) is 4.98 Å². The highest BCUT2D eigenvalue weighted by Crippen LogP contribution is 2.32. The quantitative estimate of drug-likeness (QED) is 0.620. The fourth-order valence-electron chi connectivity index (χ4n) is 2.43. The molecule has 0 aromatic carbocycles. The zero-order valence-electron chi connectivity index (χ0n) is 13.5. The summed E-state index contributed by atoms with van der Waals surface area (Å²) in [5.74, 6) is 0.855. The number of aromatic nitrogens is 1. The van der Waals surface area contributed by atoms with Crippen LogP contribution in [0, 0.1) is 0 Å². The molecule has 0 saturated carbocycles. The van der Waals surface area contributed by atoms with Crippen LogP contribution < -0.4 is 10.6 Å². The highest BCUT2D eigenvalue weighted by atomic mass is 32.2. The first-order valence-corrected chi connectivity index (χ1v) is 9.05. The Morgan fingerprint density at radius 2 is 2.18 bits per heavy atom. The molecule has 5 nitrogen and oxygen atoms in total. The van der Waals surface area contributed by atoms with E-state index in [-0.39, 0.29) is 4.75 Å². The Morgan fingerprint density at radius 1 is 1.36 bits per heavy atom. The average Bonchev–Trinajstić information content (AvgIpc) is 2.59. The monoisotopic (exact) mass is 322 g/mol. The van der Waals surface area contributed by atoms with Crippen LogP contribution in [0.2, 0.25) is 0 Å². The van der Waals surface area contributed by atoms with E-state index in [0.717, 1.165) is 50.8 Å². The molecule has 1 aliphatic rings. The maximum Gasteiger partial charge on any atom is 0.191 e. The Morgan fingerprint density at radius 3 is 2.82 bits per heavy atom. The summed E-state index contributed by atoms with van der Waals surface area (Å²) < 4.78 is 5.74. The summed E-state index contributed by atoms with van der Waals surface area (Å²) in [6, 6.07) is 5.90. The second-order valence-electron chi connectivity index (χ2n) is 5.37. The van der Waals surface area contributed by atoms with E-state index in [1.54, 1.807) is 6.20 Å². The van der Waals surface area contributed by atoms with Crippen LogP contribution in [0.3, 0.4) is 0 Å². The van der Waals surface area contributed by atoms with Crippen LogP contribution in [0.25, 0.3) is 0 Å². The smallest absolute Gasteiger partial charge is 0.191 e. The first-order valence-electron chi connectivity index (χ1n) is 7.83. The van der Waals surface area contributed by atoms with Crippen molar-refractivity contribution in [3.63, 3.8) is 0 Å². The molecule has 1 aliphatic heterocycles. The van der Waals surface area contributed by atoms with Gasteiger partial charge in [-0.15, -0.1) is 0 Å². The van der Waals surface area contributed by atoms with Crippen molar-refractivity contribution >= 4 is 17.7 Å². The molecule has 1 aromatic rings. The summed E-state index contributed by atoms with van der Waals surface area (Å²) in [7, 11) is 0. The molecule has 1 fully saturated rings. The Hall–Kier alpha value is -1.27. The van der Waals surface area contributed by atoms with Gasteiger partial charge in [-0.1, -0.05) is 6.07 Å². The zero-order valence-corrected chi connectivity index (χ0v) is 14.3. The summed E-state index contributed by atoms with van der Waals surface area (Å²) in [5.41, 5.74) is 0.977. The number of aliphatic imine (C=N–C) groups is 1. The van der Waals surface area contributed by atoms with Crippen LogP contribution in [0.15, 0.2) is 29.4 Å². The van der Waals surface area contributed by atoms with Gasteiger partial charge >= 0.3 is 0 Å². The molecule has 0 unspecified atom stereocenters. The van der Waals surface area contributed by atoms with E-state index in [4.69, 9.17) is 4.74 Å². The fraction of sp³-hybridized carbons (Fsp3) is 0.625. The van der Waals surface area contributed by atoms with E-state index in [2.05, 4.69) is 33.8 Å². The van der Waals surface area contributed by atoms with Gasteiger partial charge in [0.2, 0.25) is 0 Å². The largest absolute Gasteiger partial charge is 0.381 e. The lowest BCUT2D eigenvalue weighted by Gasteiger charge is -2.36. The maximum atomic E-state index is 5.49. The van der Waals surface area contributed by atoms with Gasteiger partial charge in [0.1, 0.15) is 0 Å². The van der Waals surface area contributed by atoms with Crippen LogP contribution in [0.4, 0.5) is 0 Å². The Kier molecular flexibility index (Phi) is 6.99. The molecule has 1 saturated heterocycles. The SMILES string of the molecule is CCNC(=NCc1ccccn1)NCC1(SC)CCOCC1. The molecule has 2 heterocycles. The predicted octanol–water partition coefficient (Wildman–Crippen LogP) is 2.05. The van der Waals surface area contributed by atoms with Crippen molar-refractivity contribution in [1.82, 2.24) is 15.6 Å². The lowest BCUT2D eigenvalue weighted by Crippen LogP contribution is -2.47. The summed E-state index contributed by atoms with van der Waals surface area (Å²) >= 11 is 1.93. The summed E-state index contributed by atoms with van der Waals surface area (Å²) in [4.78, 5) is 8.93. The van der Waals surface area contributed by atoms with E-state index in [1.165, 1.54) is 0 Å². The first kappa shape index (κ1) is 17.1. The van der Waals surface area contributed by atoms with Gasteiger partial charge in [0.25, 0.3) is 0 Å². The molecule has 2 N–H and O–H groups in total. The normalized spacial score (nSPS) is 18.0. The van der Waals surface area contributed by atoms with E-state index in [0.29, 0.717) is 6.54 Å². The van der Waals surface area contributed by atoms with Crippen LogP contribution in [0.1, 0.15) is 25.5 Å². The number of ether oxygens (including phenoxy) is 1. The molecule has 0 spiro atoms. The molecule has 1 aromatic heterocycles. The van der Waals surface area contributed by atoms with Gasteiger partial charge in [0.05, 0.1) is 12.2 Å². The van der Waals surface area contributed by atoms with E-state index >= 15 is 0 Å². The third kappa shape index (κ3) is 5.18. The van der Waals surface area contributed by atoms with Gasteiger partial charge in [0.15, 0.2) is 5.96 Å². The number of nitrogens with one attached hydrogen (secondary N) is 2. The molecule has 0 atom stereocenters. The summed E-state index contributed by atoms with van der Waals surface area (Å²) in [6.07, 6.45) is 6.16. The number of rotatable bonds is 6. The minimum absolute atomic E-state index is 0.249. The number of thioether (sulfide) groups is 1. The third-order valence-corrected chi connectivity index (χ3v) is 5.30. The highest BCUT2D eigenvalue weighted by Gasteiger charge is 2.31. The minimum atomic E-state index is 0.249. The molecule has 0 radical (unpaired) electrons. The van der Waals surface area contributed by atoms with Crippen molar-refractivity contribution in [3.8, 4) is 0 Å². The molecule has 0 amide bonds. The second-order valence-corrected chi connectivity index (χ2v) is 6.64. The molecule has 6 heteroatoms. The molecule has 0 bridgehead atoms. The van der Waals surface area contributed by atoms with E-state index < -0.39 is 0 Å². The molecular formula is C16H26N4OS. The summed E-state index contributed by atoms with van der Waals surface area (Å²) in [6.45, 7) is 6.13. The van der Waals surface area contributed by atoms with Gasteiger partial charge in [-0.2, -0.15) is 11.8 Å². The van der Waals surface area contributed by atoms with Gasteiger partial charge in [0, 0.05) is 37.2 Å². The van der Waals surface area contributed by atoms with Crippen LogP contribution in [0.5, 0.6) is 0 Å². The minimum Gasteiger partial charge on any atom is -0.381 e. The van der Waals surface area contributed by atoms with E-state index in [1.807, 2.05) is 30.0 Å². The van der Waals surface area contributed by atoms with Crippen LogP contribution in [-0.2, 0) is 11.3 Å². The number of hydrogen-bond acceptors (Lipinski definition) is 4. The van der Waals surface area contributed by atoms with Crippen molar-refractivity contribution in [1.29, 1.82) is 0 Å². The summed E-state index contributed by atoms with van der Waals surface area (Å²) in [5, 5.41) is 6.79. The van der Waals surface area contributed by atoms with Crippen LogP contribution >= 0.6 is 11.8 Å². The van der Waals surface area contributed by atoms with Crippen molar-refractivity contribution < 1.29 is 4.74 Å². The first-order chi connectivity index (χ1) is 10.8. The molecule has 2 rings (SSSR count). The maximum absolute atomic E-state index is 5.49. The number of guanidine groups is 1. The predicted molar refractivity (Wildman–Crippen MR) is 93.4 cm³/mol. The van der Waals surface area contributed by atoms with Crippen molar-refractivity contribution in [3.05, 3.63) is 30.1 Å². The standard InChI is InChI=1S/C16H26N4OS/c1-3-17-15(19-12-14-6-4-5-9-18-14)20-13-16(22-2)7-10-21-11-8-16/h4-6,9H,3,7-8,10-13H2,1-2H3,(H2,17,19,20). The van der Waals surface area contributed by atoms with Crippen LogP contribution in [-0.4, -0.2) is 48.2 Å². The Labute approximate surface area is 137 Å². The fourth-order valence-corrected chi connectivity index (χ4v) is 3.23. The number of nitrogens with zero attached hydrogens (tertiary/aromatic N) is 2. The van der Waals surface area contributed by atoms with Gasteiger partial charge < -0.3 is 15.4 Å². The molecule has 122 valence electrons. The van der Waals surface area contributed by atoms with E-state index in [9.17, 15) is 0 Å². The Balaban J connectivity index is 1.92. The van der Waals surface area contributed by atoms with Gasteiger partial charge in [-0.05, 0) is 38.2 Å². The third-order valence-electron chi connectivity index (χ3n) is 3.88. The Bertz CT molecular complexity index is 460. The zero-order chi connectivity index (χ0) is 15.7. The lowest BCUT2D eigenvalue weighted by molar-refractivity contribution is 0.0783. The van der Waals surface area contributed by atoms with Crippen molar-refractivity contribution in [2.75, 3.05) is 32.6 Å². The molecular weight excluding hydrogens is 296 g/mol. The molecule has 22 heavy (non-hydrogen) atoms. The average molecular weight is 322 g/mol. The van der Waals surface area contributed by atoms with Crippen molar-refractivity contribution in [2.45, 2.75) is 31.1 Å². The van der Waals surface area contributed by atoms with Gasteiger partial charge in [-0.25, -0.2) is 4.99 Å².